The SMILES string of the molecule is CC.CSOC(C)(C)CCOC(C)c1ccc(/C=C/c2ccc(N(C)C(=O)OC(C)(C)C)cc2)cc1. The summed E-state index contributed by atoms with van der Waals surface area (Å²) in [6.07, 6.45) is 6.56. The Morgan fingerprint density at radius 1 is 0.944 bits per heavy atom. The quantitative estimate of drug-likeness (QED) is 0.234. The minimum atomic E-state index is -0.521. The molecule has 2 aromatic rings. The van der Waals surface area contributed by atoms with Crippen LogP contribution in [0.15, 0.2) is 48.5 Å². The van der Waals surface area contributed by atoms with Crippen molar-refractivity contribution in [3.8, 4) is 0 Å². The molecule has 0 saturated heterocycles. The highest BCUT2D eigenvalue weighted by Gasteiger charge is 2.20. The zero-order chi connectivity index (χ0) is 27.4. The van der Waals surface area contributed by atoms with Crippen LogP contribution in [0.5, 0.6) is 0 Å². The molecule has 0 spiro atoms. The largest absolute Gasteiger partial charge is 0.443 e. The molecule has 0 fully saturated rings. The molecule has 0 aliphatic heterocycles. The second kappa shape index (κ2) is 15.1. The summed E-state index contributed by atoms with van der Waals surface area (Å²) in [5.41, 5.74) is 3.38. The van der Waals surface area contributed by atoms with Crippen LogP contribution in [0.1, 0.15) is 84.6 Å². The van der Waals surface area contributed by atoms with Crippen molar-refractivity contribution in [3.63, 3.8) is 0 Å². The fourth-order valence-corrected chi connectivity index (χ4v) is 3.69. The number of ether oxygens (including phenoxy) is 2. The van der Waals surface area contributed by atoms with Gasteiger partial charge < -0.3 is 13.7 Å². The third-order valence-electron chi connectivity index (χ3n) is 5.20. The first kappa shape index (κ1) is 31.7. The Labute approximate surface area is 223 Å². The highest BCUT2D eigenvalue weighted by atomic mass is 32.2. The first-order valence-electron chi connectivity index (χ1n) is 12.6. The number of rotatable bonds is 10. The summed E-state index contributed by atoms with van der Waals surface area (Å²) < 4.78 is 17.1. The van der Waals surface area contributed by atoms with Crippen molar-refractivity contribution in [1.82, 2.24) is 0 Å². The summed E-state index contributed by atoms with van der Waals surface area (Å²) in [5.74, 6) is 0. The minimum absolute atomic E-state index is 0.0256. The van der Waals surface area contributed by atoms with Crippen molar-refractivity contribution in [2.45, 2.75) is 79.1 Å². The maximum absolute atomic E-state index is 12.2. The number of benzene rings is 2. The molecule has 1 atom stereocenters. The molecule has 36 heavy (non-hydrogen) atoms. The van der Waals surface area contributed by atoms with E-state index in [4.69, 9.17) is 13.7 Å². The summed E-state index contributed by atoms with van der Waals surface area (Å²) in [4.78, 5) is 13.7. The highest BCUT2D eigenvalue weighted by Crippen LogP contribution is 2.23. The summed E-state index contributed by atoms with van der Waals surface area (Å²) in [6.45, 7) is 16.4. The average Bonchev–Trinajstić information content (AvgIpc) is 2.83. The first-order chi connectivity index (χ1) is 16.9. The molecular weight excluding hydrogens is 470 g/mol. The number of carbonyl (C=O) groups excluding carboxylic acids is 1. The van der Waals surface area contributed by atoms with Crippen LogP contribution in [0, 0.1) is 0 Å². The Balaban J connectivity index is 0.00000316. The third-order valence-corrected chi connectivity index (χ3v) is 5.82. The third kappa shape index (κ3) is 11.6. The van der Waals surface area contributed by atoms with Gasteiger partial charge in [-0.05, 0) is 82.4 Å². The molecule has 5 nitrogen and oxygen atoms in total. The smallest absolute Gasteiger partial charge is 0.414 e. The molecule has 0 saturated carbocycles. The van der Waals surface area contributed by atoms with Crippen molar-refractivity contribution in [3.05, 3.63) is 65.2 Å². The molecule has 0 aliphatic rings. The van der Waals surface area contributed by atoms with E-state index >= 15 is 0 Å². The van der Waals surface area contributed by atoms with E-state index in [1.165, 1.54) is 16.9 Å². The van der Waals surface area contributed by atoms with Crippen LogP contribution in [0.3, 0.4) is 0 Å². The van der Waals surface area contributed by atoms with E-state index < -0.39 is 5.60 Å². The Bertz CT molecular complexity index is 931. The van der Waals surface area contributed by atoms with E-state index in [0.717, 1.165) is 28.8 Å². The van der Waals surface area contributed by atoms with Gasteiger partial charge in [-0.25, -0.2) is 4.79 Å². The van der Waals surface area contributed by atoms with Gasteiger partial charge in [-0.2, -0.15) is 0 Å². The fourth-order valence-electron chi connectivity index (χ4n) is 3.16. The Morgan fingerprint density at radius 3 is 1.92 bits per heavy atom. The molecule has 2 aromatic carbocycles. The summed E-state index contributed by atoms with van der Waals surface area (Å²) in [5, 5.41) is 0. The van der Waals surface area contributed by atoms with Crippen molar-refractivity contribution < 1.29 is 18.5 Å². The predicted molar refractivity (Wildman–Crippen MR) is 155 cm³/mol. The first-order valence-corrected chi connectivity index (χ1v) is 13.7. The maximum atomic E-state index is 12.2. The molecule has 200 valence electrons. The van der Waals surface area contributed by atoms with Crippen molar-refractivity contribution in [2.75, 3.05) is 24.8 Å². The monoisotopic (exact) mass is 515 g/mol. The number of hydrogen-bond acceptors (Lipinski definition) is 5. The van der Waals surface area contributed by atoms with Crippen LogP contribution in [0.2, 0.25) is 0 Å². The Morgan fingerprint density at radius 2 is 1.44 bits per heavy atom. The van der Waals surface area contributed by atoms with Crippen LogP contribution in [0.25, 0.3) is 12.2 Å². The second-order valence-electron chi connectivity index (χ2n) is 9.90. The van der Waals surface area contributed by atoms with Crippen molar-refractivity contribution >= 4 is 36.0 Å². The van der Waals surface area contributed by atoms with Crippen LogP contribution >= 0.6 is 12.0 Å². The van der Waals surface area contributed by atoms with Gasteiger partial charge in [0.25, 0.3) is 0 Å². The number of nitrogens with zero attached hydrogens (tertiary/aromatic N) is 1. The minimum Gasteiger partial charge on any atom is -0.443 e. The molecule has 0 radical (unpaired) electrons. The van der Waals surface area contributed by atoms with Gasteiger partial charge in [0.2, 0.25) is 0 Å². The Kier molecular flexibility index (Phi) is 13.3. The molecule has 0 bridgehead atoms. The average molecular weight is 516 g/mol. The summed E-state index contributed by atoms with van der Waals surface area (Å²) in [6, 6.07) is 16.2. The molecule has 0 N–H and O–H groups in total. The normalized spacial score (nSPS) is 12.6. The van der Waals surface area contributed by atoms with Crippen LogP contribution in [0.4, 0.5) is 10.5 Å². The number of carbonyl (C=O) groups is 1. The van der Waals surface area contributed by atoms with Crippen molar-refractivity contribution in [2.24, 2.45) is 0 Å². The zero-order valence-electron chi connectivity index (χ0n) is 23.8. The molecule has 1 amide bonds. The van der Waals surface area contributed by atoms with Gasteiger partial charge in [0.1, 0.15) is 5.60 Å². The van der Waals surface area contributed by atoms with E-state index in [2.05, 4.69) is 57.2 Å². The lowest BCUT2D eigenvalue weighted by Crippen LogP contribution is -2.34. The zero-order valence-corrected chi connectivity index (χ0v) is 24.6. The van der Waals surface area contributed by atoms with Gasteiger partial charge in [-0.3, -0.25) is 4.90 Å². The second-order valence-corrected chi connectivity index (χ2v) is 10.4. The molecule has 0 aliphatic carbocycles. The van der Waals surface area contributed by atoms with Crippen LogP contribution in [-0.2, 0) is 13.7 Å². The lowest BCUT2D eigenvalue weighted by atomic mass is 10.1. The lowest BCUT2D eigenvalue weighted by molar-refractivity contribution is 0.0236. The summed E-state index contributed by atoms with van der Waals surface area (Å²) >= 11 is 1.39. The maximum Gasteiger partial charge on any atom is 0.414 e. The summed E-state index contributed by atoms with van der Waals surface area (Å²) in [7, 11) is 1.71. The van der Waals surface area contributed by atoms with E-state index in [1.54, 1.807) is 7.05 Å². The Hall–Kier alpha value is -2.28. The van der Waals surface area contributed by atoms with Gasteiger partial charge >= 0.3 is 6.09 Å². The molecule has 1 unspecified atom stereocenters. The molecule has 6 heteroatoms. The van der Waals surface area contributed by atoms with Gasteiger partial charge in [0.05, 0.1) is 18.3 Å². The number of amides is 1. The number of hydrogen-bond donors (Lipinski definition) is 0. The van der Waals surface area contributed by atoms with Gasteiger partial charge in [-0.1, -0.05) is 62.4 Å². The van der Waals surface area contributed by atoms with Gasteiger partial charge in [0, 0.05) is 25.4 Å². The lowest BCUT2D eigenvalue weighted by Gasteiger charge is -2.24. The van der Waals surface area contributed by atoms with Gasteiger partial charge in [-0.15, -0.1) is 0 Å². The van der Waals surface area contributed by atoms with Crippen LogP contribution in [-0.4, -0.2) is 37.2 Å². The predicted octanol–water partition coefficient (Wildman–Crippen LogP) is 8.80. The van der Waals surface area contributed by atoms with E-state index in [1.807, 2.05) is 65.1 Å². The standard InChI is InChI=1S/C28H39NO4S.C2H6/c1-21(31-20-19-28(5,6)33-34-8)24-15-11-22(12-16-24)9-10-23-13-17-25(18-14-23)29(7)26(30)32-27(2,3)4;1-2/h9-18,21H,19-20H2,1-8H3;1-2H3/b10-9+;. The van der Waals surface area contributed by atoms with E-state index in [0.29, 0.717) is 6.61 Å². The van der Waals surface area contributed by atoms with Crippen LogP contribution < -0.4 is 4.90 Å². The van der Waals surface area contributed by atoms with E-state index in [-0.39, 0.29) is 17.8 Å². The molecule has 2 rings (SSSR count). The van der Waals surface area contributed by atoms with Crippen molar-refractivity contribution in [1.29, 1.82) is 0 Å². The molecule has 0 heterocycles. The van der Waals surface area contributed by atoms with E-state index in [9.17, 15) is 4.79 Å². The topological polar surface area (TPSA) is 48.0 Å². The molecular formula is C30H45NO4S. The number of anilines is 1. The fraction of sp³-hybridized carbons (Fsp3) is 0.500. The molecule has 0 aromatic heterocycles. The highest BCUT2D eigenvalue weighted by molar-refractivity contribution is 7.93. The van der Waals surface area contributed by atoms with Gasteiger partial charge in [0.15, 0.2) is 0 Å².